The van der Waals surface area contributed by atoms with Gasteiger partial charge in [-0.3, -0.25) is 4.79 Å². The number of terminal acetylenes is 1. The molecular weight excluding hydrogens is 332 g/mol. The molecule has 102 valence electrons. The Morgan fingerprint density at radius 2 is 2.37 bits per heavy atom. The standard InChI is InChI=1S/C12H13BrN2O3S/c1-2-4-15(10-3-5-19(17,18)8-10)12(16)11-6-9(13)7-14-11/h1,6-7,10,14H,3-5,8H2. The summed E-state index contributed by atoms with van der Waals surface area (Å²) in [7, 11) is -3.05. The van der Waals surface area contributed by atoms with E-state index in [0.717, 1.165) is 4.47 Å². The molecule has 0 bridgehead atoms. The summed E-state index contributed by atoms with van der Waals surface area (Å²) >= 11 is 3.25. The van der Waals surface area contributed by atoms with E-state index in [1.54, 1.807) is 12.3 Å². The number of amides is 1. The fraction of sp³-hybridized carbons (Fsp3) is 0.417. The fourth-order valence-corrected chi connectivity index (χ4v) is 4.21. The van der Waals surface area contributed by atoms with Gasteiger partial charge in [-0.05, 0) is 28.4 Å². The Hall–Kier alpha value is -1.26. The quantitative estimate of drug-likeness (QED) is 0.833. The van der Waals surface area contributed by atoms with Gasteiger partial charge in [-0.2, -0.15) is 0 Å². The van der Waals surface area contributed by atoms with Crippen LogP contribution < -0.4 is 0 Å². The molecule has 1 aliphatic rings. The molecule has 1 amide bonds. The van der Waals surface area contributed by atoms with Crippen molar-refractivity contribution in [3.8, 4) is 12.3 Å². The van der Waals surface area contributed by atoms with Crippen molar-refractivity contribution in [2.24, 2.45) is 0 Å². The van der Waals surface area contributed by atoms with E-state index >= 15 is 0 Å². The molecule has 1 unspecified atom stereocenters. The molecule has 0 aliphatic carbocycles. The van der Waals surface area contributed by atoms with Gasteiger partial charge in [0.15, 0.2) is 9.84 Å². The number of aromatic amines is 1. The normalized spacial score (nSPS) is 20.9. The van der Waals surface area contributed by atoms with Crippen LogP contribution in [0.25, 0.3) is 0 Å². The summed E-state index contributed by atoms with van der Waals surface area (Å²) < 4.78 is 23.8. The van der Waals surface area contributed by atoms with E-state index in [9.17, 15) is 13.2 Å². The summed E-state index contributed by atoms with van der Waals surface area (Å²) in [5, 5.41) is 0. The maximum Gasteiger partial charge on any atom is 0.271 e. The highest BCUT2D eigenvalue weighted by Gasteiger charge is 2.34. The van der Waals surface area contributed by atoms with E-state index in [2.05, 4.69) is 26.8 Å². The highest BCUT2D eigenvalue weighted by atomic mass is 79.9. The van der Waals surface area contributed by atoms with Crippen LogP contribution in [-0.4, -0.2) is 48.3 Å². The lowest BCUT2D eigenvalue weighted by Crippen LogP contribution is -2.41. The molecule has 1 aromatic rings. The van der Waals surface area contributed by atoms with Gasteiger partial charge in [0, 0.05) is 16.7 Å². The molecule has 1 aromatic heterocycles. The van der Waals surface area contributed by atoms with Gasteiger partial charge < -0.3 is 9.88 Å². The largest absolute Gasteiger partial charge is 0.356 e. The average molecular weight is 345 g/mol. The van der Waals surface area contributed by atoms with E-state index in [4.69, 9.17) is 6.42 Å². The van der Waals surface area contributed by atoms with Gasteiger partial charge in [-0.25, -0.2) is 8.42 Å². The van der Waals surface area contributed by atoms with Gasteiger partial charge in [0.05, 0.1) is 18.1 Å². The first-order chi connectivity index (χ1) is 8.93. The van der Waals surface area contributed by atoms with Gasteiger partial charge >= 0.3 is 0 Å². The number of hydrogen-bond acceptors (Lipinski definition) is 3. The lowest BCUT2D eigenvalue weighted by molar-refractivity contribution is 0.0719. The Bertz CT molecular complexity index is 630. The molecule has 2 heterocycles. The van der Waals surface area contributed by atoms with Crippen LogP contribution in [0.1, 0.15) is 16.9 Å². The second-order valence-electron chi connectivity index (χ2n) is 4.43. The smallest absolute Gasteiger partial charge is 0.271 e. The highest BCUT2D eigenvalue weighted by Crippen LogP contribution is 2.20. The zero-order valence-corrected chi connectivity index (χ0v) is 12.5. The molecule has 1 N–H and O–H groups in total. The van der Waals surface area contributed by atoms with Crippen LogP contribution in [0.2, 0.25) is 0 Å². The molecule has 1 atom stereocenters. The second kappa shape index (κ2) is 5.39. The average Bonchev–Trinajstić information content (AvgIpc) is 2.91. The molecule has 1 saturated heterocycles. The maximum atomic E-state index is 12.3. The van der Waals surface area contributed by atoms with Crippen LogP contribution >= 0.6 is 15.9 Å². The number of rotatable bonds is 3. The third-order valence-electron chi connectivity index (χ3n) is 3.05. The third-order valence-corrected chi connectivity index (χ3v) is 5.26. The molecule has 1 aliphatic heterocycles. The molecule has 0 radical (unpaired) electrons. The minimum atomic E-state index is -3.05. The predicted octanol–water partition coefficient (Wildman–Crippen LogP) is 1.04. The Kier molecular flexibility index (Phi) is 4.02. The zero-order chi connectivity index (χ0) is 14.0. The first kappa shape index (κ1) is 14.2. The lowest BCUT2D eigenvalue weighted by atomic mass is 10.2. The number of nitrogens with one attached hydrogen (secondary N) is 1. The first-order valence-corrected chi connectivity index (χ1v) is 8.33. The molecule has 1 fully saturated rings. The van der Waals surface area contributed by atoms with E-state index < -0.39 is 9.84 Å². The van der Waals surface area contributed by atoms with Gasteiger partial charge in [0.2, 0.25) is 0 Å². The summed E-state index contributed by atoms with van der Waals surface area (Å²) in [6.07, 6.45) is 7.36. The van der Waals surface area contributed by atoms with Crippen molar-refractivity contribution in [1.82, 2.24) is 9.88 Å². The van der Waals surface area contributed by atoms with Gasteiger partial charge in [0.25, 0.3) is 5.91 Å². The number of halogens is 1. The summed E-state index contributed by atoms with van der Waals surface area (Å²) in [6, 6.07) is 1.31. The maximum absolute atomic E-state index is 12.3. The number of H-pyrrole nitrogens is 1. The minimum absolute atomic E-state index is 0.0116. The van der Waals surface area contributed by atoms with Crippen LogP contribution in [0.5, 0.6) is 0 Å². The third kappa shape index (κ3) is 3.19. The van der Waals surface area contributed by atoms with E-state index in [1.807, 2.05) is 0 Å². The number of hydrogen-bond donors (Lipinski definition) is 1. The van der Waals surface area contributed by atoms with Gasteiger partial charge in [0.1, 0.15) is 5.69 Å². The van der Waals surface area contributed by atoms with Gasteiger partial charge in [-0.1, -0.05) is 5.92 Å². The van der Waals surface area contributed by atoms with Crippen LogP contribution in [0.4, 0.5) is 0 Å². The molecule has 0 aromatic carbocycles. The van der Waals surface area contributed by atoms with Crippen LogP contribution in [0.15, 0.2) is 16.7 Å². The molecule has 0 saturated carbocycles. The first-order valence-electron chi connectivity index (χ1n) is 5.72. The van der Waals surface area contributed by atoms with E-state index in [1.165, 1.54) is 4.90 Å². The molecule has 7 heteroatoms. The number of aromatic nitrogens is 1. The number of carbonyl (C=O) groups excluding carboxylic acids is 1. The van der Waals surface area contributed by atoms with Crippen molar-refractivity contribution in [1.29, 1.82) is 0 Å². The summed E-state index contributed by atoms with van der Waals surface area (Å²) in [6.45, 7) is 0.107. The molecule has 2 rings (SSSR count). The zero-order valence-electron chi connectivity index (χ0n) is 10.1. The summed E-state index contributed by atoms with van der Waals surface area (Å²) in [5.74, 6) is 2.24. The Labute approximate surface area is 120 Å². The highest BCUT2D eigenvalue weighted by molar-refractivity contribution is 9.10. The predicted molar refractivity (Wildman–Crippen MR) is 75.4 cm³/mol. The van der Waals surface area contributed by atoms with Crippen molar-refractivity contribution in [2.75, 3.05) is 18.1 Å². The second-order valence-corrected chi connectivity index (χ2v) is 7.57. The van der Waals surface area contributed by atoms with E-state index in [0.29, 0.717) is 12.1 Å². The van der Waals surface area contributed by atoms with Crippen LogP contribution in [0.3, 0.4) is 0 Å². The summed E-state index contributed by atoms with van der Waals surface area (Å²) in [5.41, 5.74) is 0.395. The monoisotopic (exact) mass is 344 g/mol. The van der Waals surface area contributed by atoms with Crippen molar-refractivity contribution in [3.63, 3.8) is 0 Å². The van der Waals surface area contributed by atoms with Crippen molar-refractivity contribution in [3.05, 3.63) is 22.4 Å². The lowest BCUT2D eigenvalue weighted by Gasteiger charge is -2.25. The van der Waals surface area contributed by atoms with Crippen LogP contribution in [-0.2, 0) is 9.84 Å². The fourth-order valence-electron chi connectivity index (χ4n) is 2.13. The van der Waals surface area contributed by atoms with Crippen molar-refractivity contribution >= 4 is 31.7 Å². The van der Waals surface area contributed by atoms with Crippen LogP contribution in [0, 0.1) is 12.3 Å². The van der Waals surface area contributed by atoms with Crippen molar-refractivity contribution in [2.45, 2.75) is 12.5 Å². The summed E-state index contributed by atoms with van der Waals surface area (Å²) in [4.78, 5) is 16.6. The van der Waals surface area contributed by atoms with E-state index in [-0.39, 0.29) is 30.0 Å². The topological polar surface area (TPSA) is 70.2 Å². The molecule has 0 spiro atoms. The molecule has 5 nitrogen and oxygen atoms in total. The Balaban J connectivity index is 2.21. The Morgan fingerprint density at radius 3 is 2.84 bits per heavy atom. The SMILES string of the molecule is C#CCN(C(=O)c1cc(Br)c[nH]1)C1CCS(=O)(=O)C1. The molecule has 19 heavy (non-hydrogen) atoms. The Morgan fingerprint density at radius 1 is 1.63 bits per heavy atom. The number of nitrogens with zero attached hydrogens (tertiary/aromatic N) is 1. The number of sulfone groups is 1. The minimum Gasteiger partial charge on any atom is -0.356 e. The molecular formula is C12H13BrN2O3S. The van der Waals surface area contributed by atoms with Crippen molar-refractivity contribution < 1.29 is 13.2 Å². The number of carbonyl (C=O) groups is 1. The van der Waals surface area contributed by atoms with Gasteiger partial charge in [-0.15, -0.1) is 6.42 Å².